The maximum atomic E-state index is 13.0. The molecule has 0 saturated heterocycles. The van der Waals surface area contributed by atoms with Crippen LogP contribution in [0.4, 0.5) is 5.69 Å². The molecule has 3 rings (SSSR count). The van der Waals surface area contributed by atoms with E-state index in [1.807, 2.05) is 0 Å². The maximum absolute atomic E-state index is 13.0. The number of carbonyl (C=O) groups excluding carboxylic acids is 2. The van der Waals surface area contributed by atoms with Crippen LogP contribution in [0.5, 0.6) is 0 Å². The molecule has 1 aliphatic carbocycles. The molecular formula is C22H21NO7. The highest BCUT2D eigenvalue weighted by atomic mass is 16.5. The minimum absolute atomic E-state index is 0.189. The van der Waals surface area contributed by atoms with E-state index in [1.165, 1.54) is 24.3 Å². The summed E-state index contributed by atoms with van der Waals surface area (Å²) in [5.41, 5.74) is -0.229. The summed E-state index contributed by atoms with van der Waals surface area (Å²) in [7, 11) is 0. The first kappa shape index (κ1) is 21.0. The summed E-state index contributed by atoms with van der Waals surface area (Å²) < 4.78 is 4.91. The molecule has 0 aliphatic heterocycles. The Balaban J connectivity index is 1.88. The predicted octanol–water partition coefficient (Wildman–Crippen LogP) is 2.69. The van der Waals surface area contributed by atoms with Gasteiger partial charge in [0.1, 0.15) is 0 Å². The van der Waals surface area contributed by atoms with Crippen molar-refractivity contribution < 1.29 is 34.1 Å². The van der Waals surface area contributed by atoms with Crippen LogP contribution in [0.2, 0.25) is 0 Å². The standard InChI is InChI=1S/C22H21NO7/c1-2-30-19(25)13-7-9-15(10-8-13)23-18(24)17-12-22(20(26)27,21(28)29)11-14-5-3-4-6-16(14)17/h3-10,17H,2,11-12H2,1H3,(H,23,24)(H,26,27)(H,28,29). The Morgan fingerprint density at radius 2 is 1.67 bits per heavy atom. The molecule has 3 N–H and O–H groups in total. The summed E-state index contributed by atoms with van der Waals surface area (Å²) >= 11 is 0. The van der Waals surface area contributed by atoms with E-state index in [0.717, 1.165) is 0 Å². The van der Waals surface area contributed by atoms with E-state index in [0.29, 0.717) is 22.4 Å². The van der Waals surface area contributed by atoms with E-state index in [9.17, 15) is 29.4 Å². The lowest BCUT2D eigenvalue weighted by molar-refractivity contribution is -0.166. The van der Waals surface area contributed by atoms with Crippen LogP contribution in [-0.2, 0) is 25.5 Å². The SMILES string of the molecule is CCOC(=O)c1ccc(NC(=O)C2CC(C(=O)O)(C(=O)O)Cc3ccccc32)cc1. The second kappa shape index (κ2) is 8.36. The molecule has 8 heteroatoms. The highest BCUT2D eigenvalue weighted by Gasteiger charge is 2.52. The zero-order chi connectivity index (χ0) is 21.9. The summed E-state index contributed by atoms with van der Waals surface area (Å²) in [5, 5.41) is 22.0. The second-order valence-corrected chi connectivity index (χ2v) is 7.11. The number of ether oxygens (including phenoxy) is 1. The molecule has 1 unspecified atom stereocenters. The van der Waals surface area contributed by atoms with Crippen LogP contribution in [-0.4, -0.2) is 40.6 Å². The molecule has 1 amide bonds. The van der Waals surface area contributed by atoms with Crippen LogP contribution >= 0.6 is 0 Å². The smallest absolute Gasteiger partial charge is 0.338 e. The van der Waals surface area contributed by atoms with Gasteiger partial charge in [-0.3, -0.25) is 14.4 Å². The summed E-state index contributed by atoms with van der Waals surface area (Å²) in [6.45, 7) is 1.94. The van der Waals surface area contributed by atoms with Crippen molar-refractivity contribution in [1.29, 1.82) is 0 Å². The van der Waals surface area contributed by atoms with Gasteiger partial charge in [-0.05, 0) is 55.2 Å². The van der Waals surface area contributed by atoms with Crippen molar-refractivity contribution in [2.45, 2.75) is 25.7 Å². The first-order valence-electron chi connectivity index (χ1n) is 9.41. The number of fused-ring (bicyclic) bond motifs is 1. The Morgan fingerprint density at radius 1 is 1.03 bits per heavy atom. The third-order valence-corrected chi connectivity index (χ3v) is 5.27. The van der Waals surface area contributed by atoms with Crippen LogP contribution in [0.25, 0.3) is 0 Å². The topological polar surface area (TPSA) is 130 Å². The Bertz CT molecular complexity index is 983. The monoisotopic (exact) mass is 411 g/mol. The lowest BCUT2D eigenvalue weighted by Crippen LogP contribution is -2.47. The van der Waals surface area contributed by atoms with Crippen LogP contribution in [0.1, 0.15) is 40.7 Å². The third-order valence-electron chi connectivity index (χ3n) is 5.27. The number of esters is 1. The van der Waals surface area contributed by atoms with E-state index < -0.39 is 35.1 Å². The fourth-order valence-electron chi connectivity index (χ4n) is 3.68. The number of hydrogen-bond acceptors (Lipinski definition) is 5. The number of amides is 1. The average molecular weight is 411 g/mol. The number of carboxylic acid groups (broad SMARTS) is 2. The zero-order valence-electron chi connectivity index (χ0n) is 16.3. The summed E-state index contributed by atoms with van der Waals surface area (Å²) in [6, 6.07) is 12.8. The molecule has 0 heterocycles. The first-order valence-corrected chi connectivity index (χ1v) is 9.41. The average Bonchev–Trinajstić information content (AvgIpc) is 2.73. The Hall–Kier alpha value is -3.68. The van der Waals surface area contributed by atoms with Gasteiger partial charge in [0, 0.05) is 5.69 Å². The summed E-state index contributed by atoms with van der Waals surface area (Å²) in [4.78, 5) is 48.4. The predicted molar refractivity (Wildman–Crippen MR) is 106 cm³/mol. The maximum Gasteiger partial charge on any atom is 0.338 e. The second-order valence-electron chi connectivity index (χ2n) is 7.11. The van der Waals surface area contributed by atoms with E-state index in [4.69, 9.17) is 4.74 Å². The van der Waals surface area contributed by atoms with E-state index >= 15 is 0 Å². The minimum atomic E-state index is -2.08. The van der Waals surface area contributed by atoms with Crippen LogP contribution in [0, 0.1) is 5.41 Å². The molecule has 0 saturated carbocycles. The largest absolute Gasteiger partial charge is 0.480 e. The van der Waals surface area contributed by atoms with Crippen LogP contribution in [0.15, 0.2) is 48.5 Å². The molecule has 0 aromatic heterocycles. The number of aliphatic carboxylic acids is 2. The summed E-state index contributed by atoms with van der Waals surface area (Å²) in [6.07, 6.45) is -0.548. The van der Waals surface area contributed by atoms with E-state index in [1.54, 1.807) is 31.2 Å². The first-order chi connectivity index (χ1) is 14.3. The number of benzene rings is 2. The fraction of sp³-hybridized carbons (Fsp3) is 0.273. The van der Waals surface area contributed by atoms with Gasteiger partial charge in [-0.1, -0.05) is 24.3 Å². The van der Waals surface area contributed by atoms with Crippen molar-refractivity contribution in [2.75, 3.05) is 11.9 Å². The van der Waals surface area contributed by atoms with Gasteiger partial charge in [-0.2, -0.15) is 0 Å². The number of rotatable bonds is 6. The van der Waals surface area contributed by atoms with Crippen LogP contribution < -0.4 is 5.32 Å². The molecular weight excluding hydrogens is 390 g/mol. The van der Waals surface area contributed by atoms with Crippen molar-refractivity contribution in [3.8, 4) is 0 Å². The van der Waals surface area contributed by atoms with Gasteiger partial charge in [0.05, 0.1) is 18.1 Å². The quantitative estimate of drug-likeness (QED) is 0.492. The third kappa shape index (κ3) is 3.89. The molecule has 0 radical (unpaired) electrons. The van der Waals surface area contributed by atoms with E-state index in [-0.39, 0.29) is 19.4 Å². The Kier molecular flexibility index (Phi) is 5.86. The van der Waals surface area contributed by atoms with Gasteiger partial charge < -0.3 is 20.3 Å². The number of carboxylic acids is 2. The highest BCUT2D eigenvalue weighted by molar-refractivity contribution is 6.02. The molecule has 0 fully saturated rings. The molecule has 0 bridgehead atoms. The van der Waals surface area contributed by atoms with Gasteiger partial charge in [0.2, 0.25) is 5.91 Å². The van der Waals surface area contributed by atoms with Gasteiger partial charge in [-0.25, -0.2) is 4.79 Å². The summed E-state index contributed by atoms with van der Waals surface area (Å²) in [5.74, 6) is -4.89. The van der Waals surface area contributed by atoms with E-state index in [2.05, 4.69) is 5.32 Å². The van der Waals surface area contributed by atoms with Gasteiger partial charge in [0.25, 0.3) is 0 Å². The highest BCUT2D eigenvalue weighted by Crippen LogP contribution is 2.43. The lowest BCUT2D eigenvalue weighted by Gasteiger charge is -2.35. The van der Waals surface area contributed by atoms with Crippen molar-refractivity contribution in [2.24, 2.45) is 5.41 Å². The number of anilines is 1. The van der Waals surface area contributed by atoms with Crippen molar-refractivity contribution in [1.82, 2.24) is 0 Å². The van der Waals surface area contributed by atoms with Gasteiger partial charge in [0.15, 0.2) is 5.41 Å². The molecule has 156 valence electrons. The fourth-order valence-corrected chi connectivity index (χ4v) is 3.68. The molecule has 8 nitrogen and oxygen atoms in total. The number of nitrogens with one attached hydrogen (secondary N) is 1. The van der Waals surface area contributed by atoms with Gasteiger partial charge >= 0.3 is 17.9 Å². The van der Waals surface area contributed by atoms with Gasteiger partial charge in [-0.15, -0.1) is 0 Å². The number of hydrogen-bond donors (Lipinski definition) is 3. The molecule has 0 spiro atoms. The minimum Gasteiger partial charge on any atom is -0.480 e. The normalized spacial score (nSPS) is 16.8. The van der Waals surface area contributed by atoms with Crippen molar-refractivity contribution in [3.05, 3.63) is 65.2 Å². The molecule has 30 heavy (non-hydrogen) atoms. The molecule has 1 aliphatic rings. The van der Waals surface area contributed by atoms with Crippen LogP contribution in [0.3, 0.4) is 0 Å². The van der Waals surface area contributed by atoms with Crippen molar-refractivity contribution in [3.63, 3.8) is 0 Å². The Morgan fingerprint density at radius 3 is 2.27 bits per heavy atom. The van der Waals surface area contributed by atoms with Crippen molar-refractivity contribution >= 4 is 29.5 Å². The lowest BCUT2D eigenvalue weighted by atomic mass is 9.66. The molecule has 2 aromatic carbocycles. The molecule has 1 atom stereocenters. The number of carbonyl (C=O) groups is 4. The zero-order valence-corrected chi connectivity index (χ0v) is 16.3. The Labute approximate surface area is 172 Å². The molecule has 2 aromatic rings.